The van der Waals surface area contributed by atoms with Crippen LogP contribution in [0.5, 0.6) is 0 Å². The van der Waals surface area contributed by atoms with Crippen LogP contribution in [-0.4, -0.2) is 0 Å². The van der Waals surface area contributed by atoms with Gasteiger partial charge in [0.05, 0.1) is 0 Å². The zero-order valence-electron chi connectivity index (χ0n) is 10.8. The number of rotatable bonds is 1. The van der Waals surface area contributed by atoms with Crippen molar-refractivity contribution in [3.05, 3.63) is 84.9 Å². The first-order valence-corrected chi connectivity index (χ1v) is 7.12. The van der Waals surface area contributed by atoms with E-state index < -0.39 is 0 Å². The molecule has 100 valence electrons. The van der Waals surface area contributed by atoms with E-state index >= 15 is 0 Å². The third kappa shape index (κ3) is 3.49. The molecule has 0 radical (unpaired) electrons. The van der Waals surface area contributed by atoms with Gasteiger partial charge in [-0.3, -0.25) is 0 Å². The SMILES string of the molecule is [Fe+2].c1cc[cH-]c1.c1ccc2sc(-[c-]3cccc3)cc2c1. The van der Waals surface area contributed by atoms with Gasteiger partial charge in [0.15, 0.2) is 0 Å². The van der Waals surface area contributed by atoms with Gasteiger partial charge in [-0.2, -0.15) is 41.7 Å². The van der Waals surface area contributed by atoms with Crippen LogP contribution < -0.4 is 0 Å². The number of benzene rings is 1. The van der Waals surface area contributed by atoms with Crippen LogP contribution in [0.3, 0.4) is 0 Å². The molecule has 0 aliphatic heterocycles. The van der Waals surface area contributed by atoms with E-state index in [0.29, 0.717) is 0 Å². The molecule has 4 rings (SSSR count). The van der Waals surface area contributed by atoms with Crippen molar-refractivity contribution in [1.29, 1.82) is 0 Å². The van der Waals surface area contributed by atoms with Gasteiger partial charge in [0.2, 0.25) is 0 Å². The summed E-state index contributed by atoms with van der Waals surface area (Å²) in [7, 11) is 0. The fourth-order valence-electron chi connectivity index (χ4n) is 1.98. The molecule has 0 bridgehead atoms. The molecule has 0 fully saturated rings. The Balaban J connectivity index is 0.000000210. The second-order valence-electron chi connectivity index (χ2n) is 4.28. The first-order chi connectivity index (χ1) is 9.43. The van der Waals surface area contributed by atoms with Crippen molar-refractivity contribution in [2.24, 2.45) is 0 Å². The van der Waals surface area contributed by atoms with E-state index in [-0.39, 0.29) is 17.1 Å². The molecular formula is C18H14FeS. The summed E-state index contributed by atoms with van der Waals surface area (Å²) in [5.41, 5.74) is 1.33. The van der Waals surface area contributed by atoms with E-state index in [1.807, 2.05) is 41.7 Å². The third-order valence-corrected chi connectivity index (χ3v) is 4.09. The Kier molecular flexibility index (Phi) is 5.37. The van der Waals surface area contributed by atoms with E-state index in [4.69, 9.17) is 0 Å². The zero-order valence-corrected chi connectivity index (χ0v) is 12.8. The summed E-state index contributed by atoms with van der Waals surface area (Å²) in [6.45, 7) is 0. The first-order valence-electron chi connectivity index (χ1n) is 6.31. The van der Waals surface area contributed by atoms with Crippen LogP contribution in [0.25, 0.3) is 20.5 Å². The molecule has 0 amide bonds. The van der Waals surface area contributed by atoms with Gasteiger partial charge >= 0.3 is 17.1 Å². The molecule has 1 aromatic heterocycles. The van der Waals surface area contributed by atoms with Crippen LogP contribution in [0, 0.1) is 0 Å². The molecule has 0 saturated heterocycles. The Bertz CT molecular complexity index is 668. The Morgan fingerprint density at radius 3 is 2.15 bits per heavy atom. The van der Waals surface area contributed by atoms with Crippen molar-refractivity contribution >= 4 is 21.4 Å². The molecule has 1 heterocycles. The molecule has 2 heteroatoms. The fraction of sp³-hybridized carbons (Fsp3) is 0. The summed E-state index contributed by atoms with van der Waals surface area (Å²) in [4.78, 5) is 1.36. The topological polar surface area (TPSA) is 0 Å². The van der Waals surface area contributed by atoms with E-state index in [9.17, 15) is 0 Å². The smallest absolute Gasteiger partial charge is 0.214 e. The second-order valence-corrected chi connectivity index (χ2v) is 5.37. The minimum absolute atomic E-state index is 0. The van der Waals surface area contributed by atoms with E-state index in [2.05, 4.69) is 54.6 Å². The predicted molar refractivity (Wildman–Crippen MR) is 84.9 cm³/mol. The maximum absolute atomic E-state index is 2.26. The van der Waals surface area contributed by atoms with Gasteiger partial charge in [-0.15, -0.1) is 23.8 Å². The van der Waals surface area contributed by atoms with Crippen LogP contribution in [-0.2, 0) is 17.1 Å². The van der Waals surface area contributed by atoms with Crippen LogP contribution in [0.15, 0.2) is 84.9 Å². The zero-order chi connectivity index (χ0) is 12.9. The molecule has 0 unspecified atom stereocenters. The largest absolute Gasteiger partial charge is 2.00 e. The molecule has 0 aliphatic carbocycles. The second kappa shape index (κ2) is 7.25. The molecular weight excluding hydrogens is 304 g/mol. The minimum Gasteiger partial charge on any atom is -0.214 e. The van der Waals surface area contributed by atoms with Gasteiger partial charge in [0.25, 0.3) is 0 Å². The molecule has 0 saturated carbocycles. The Labute approximate surface area is 133 Å². The van der Waals surface area contributed by atoms with E-state index in [0.717, 1.165) is 0 Å². The normalized spacial score (nSPS) is 9.60. The third-order valence-electron chi connectivity index (χ3n) is 2.93. The first kappa shape index (κ1) is 14.8. The number of fused-ring (bicyclic) bond motifs is 1. The van der Waals surface area contributed by atoms with Gasteiger partial charge in [-0.25, -0.2) is 12.1 Å². The molecule has 0 atom stereocenters. The Hall–Kier alpha value is -1.60. The van der Waals surface area contributed by atoms with Crippen LogP contribution >= 0.6 is 11.3 Å². The Morgan fingerprint density at radius 1 is 0.850 bits per heavy atom. The average Bonchev–Trinajstić information content (AvgIpc) is 3.20. The van der Waals surface area contributed by atoms with Crippen molar-refractivity contribution in [2.45, 2.75) is 0 Å². The number of hydrogen-bond acceptors (Lipinski definition) is 1. The van der Waals surface area contributed by atoms with Crippen molar-refractivity contribution in [1.82, 2.24) is 0 Å². The molecule has 0 spiro atoms. The maximum Gasteiger partial charge on any atom is 2.00 e. The standard InChI is InChI=1S/C13H9S.C5H5.Fe/c1-2-6-10(5-1)13-9-11-7-3-4-8-12(11)14-13;1-2-4-5-3-1;/h1-9H;1-5H;/q2*-1;+2. The molecule has 0 nitrogen and oxygen atoms in total. The van der Waals surface area contributed by atoms with Crippen LogP contribution in [0.4, 0.5) is 0 Å². The number of hydrogen-bond donors (Lipinski definition) is 0. The minimum atomic E-state index is 0. The summed E-state index contributed by atoms with van der Waals surface area (Å²) >= 11 is 1.85. The van der Waals surface area contributed by atoms with Gasteiger partial charge in [-0.1, -0.05) is 18.2 Å². The van der Waals surface area contributed by atoms with Crippen molar-refractivity contribution in [3.63, 3.8) is 0 Å². The fourth-order valence-corrected chi connectivity index (χ4v) is 3.05. The molecule has 20 heavy (non-hydrogen) atoms. The molecule has 3 aromatic carbocycles. The van der Waals surface area contributed by atoms with Crippen LogP contribution in [0.1, 0.15) is 0 Å². The molecule has 4 aromatic rings. The summed E-state index contributed by atoms with van der Waals surface area (Å²) in [6, 6.07) is 29.3. The monoisotopic (exact) mass is 318 g/mol. The average molecular weight is 318 g/mol. The van der Waals surface area contributed by atoms with Crippen molar-refractivity contribution in [2.75, 3.05) is 0 Å². The quantitative estimate of drug-likeness (QED) is 0.312. The van der Waals surface area contributed by atoms with Gasteiger partial charge in [0.1, 0.15) is 0 Å². The van der Waals surface area contributed by atoms with Gasteiger partial charge < -0.3 is 0 Å². The number of thiophene rings is 1. The van der Waals surface area contributed by atoms with Crippen molar-refractivity contribution in [3.8, 4) is 10.4 Å². The maximum atomic E-state index is 2.26. The van der Waals surface area contributed by atoms with Gasteiger partial charge in [-0.05, 0) is 16.3 Å². The summed E-state index contributed by atoms with van der Waals surface area (Å²) in [5, 5.41) is 1.34. The summed E-state index contributed by atoms with van der Waals surface area (Å²) in [5.74, 6) is 0. The van der Waals surface area contributed by atoms with Crippen molar-refractivity contribution < 1.29 is 17.1 Å². The molecule has 0 N–H and O–H groups in total. The molecule has 0 aliphatic rings. The predicted octanol–water partition coefficient (Wildman–Crippen LogP) is 5.69. The Morgan fingerprint density at radius 2 is 1.55 bits per heavy atom. The van der Waals surface area contributed by atoms with Crippen LogP contribution in [0.2, 0.25) is 0 Å². The van der Waals surface area contributed by atoms with Gasteiger partial charge in [0, 0.05) is 4.70 Å². The van der Waals surface area contributed by atoms with E-state index in [1.54, 1.807) is 0 Å². The van der Waals surface area contributed by atoms with E-state index in [1.165, 1.54) is 20.5 Å². The summed E-state index contributed by atoms with van der Waals surface area (Å²) < 4.78 is 1.36. The summed E-state index contributed by atoms with van der Waals surface area (Å²) in [6.07, 6.45) is 0.